The summed E-state index contributed by atoms with van der Waals surface area (Å²) < 4.78 is 4.43. The first-order chi connectivity index (χ1) is 9.96. The third kappa shape index (κ3) is 3.88. The Morgan fingerprint density at radius 1 is 1.38 bits per heavy atom. The molecule has 0 atom stereocenters. The summed E-state index contributed by atoms with van der Waals surface area (Å²) in [6.07, 6.45) is 1.13. The van der Waals surface area contributed by atoms with Gasteiger partial charge in [0.1, 0.15) is 6.07 Å². The van der Waals surface area contributed by atoms with Crippen molar-refractivity contribution in [2.45, 2.75) is 0 Å². The van der Waals surface area contributed by atoms with Crippen LogP contribution in [0.2, 0.25) is 10.0 Å². The summed E-state index contributed by atoms with van der Waals surface area (Å²) in [6.45, 7) is 0. The lowest BCUT2D eigenvalue weighted by Gasteiger charge is -2.10. The number of methoxy groups -OCH3 is 1. The molecule has 0 saturated carbocycles. The van der Waals surface area contributed by atoms with E-state index in [1.807, 2.05) is 0 Å². The van der Waals surface area contributed by atoms with Gasteiger partial charge in [0, 0.05) is 13.2 Å². The molecule has 0 aliphatic carbocycles. The number of nitriles is 1. The van der Waals surface area contributed by atoms with Crippen molar-refractivity contribution in [1.29, 1.82) is 5.26 Å². The van der Waals surface area contributed by atoms with Crippen molar-refractivity contribution >= 4 is 40.8 Å². The summed E-state index contributed by atoms with van der Waals surface area (Å²) in [6, 6.07) is 4.66. The third-order valence-corrected chi connectivity index (χ3v) is 3.15. The number of benzene rings is 1. The van der Waals surface area contributed by atoms with E-state index in [0.717, 1.165) is 13.3 Å². The SMILES string of the molecule is CNC(=O)c1c(Cl)ccc(NC=C(C#N)C(=O)OC)c1Cl. The van der Waals surface area contributed by atoms with E-state index < -0.39 is 11.9 Å². The normalized spacial score (nSPS) is 10.5. The number of nitrogens with zero attached hydrogens (tertiary/aromatic N) is 1. The highest BCUT2D eigenvalue weighted by Crippen LogP contribution is 2.31. The van der Waals surface area contributed by atoms with Gasteiger partial charge >= 0.3 is 5.97 Å². The largest absolute Gasteiger partial charge is 0.465 e. The lowest BCUT2D eigenvalue weighted by Crippen LogP contribution is -2.19. The zero-order valence-corrected chi connectivity index (χ0v) is 12.7. The molecule has 6 nitrogen and oxygen atoms in total. The van der Waals surface area contributed by atoms with Crippen molar-refractivity contribution in [3.8, 4) is 6.07 Å². The van der Waals surface area contributed by atoms with Crippen molar-refractivity contribution in [3.63, 3.8) is 0 Å². The fraction of sp³-hybridized carbons (Fsp3) is 0.154. The first-order valence-corrected chi connectivity index (χ1v) is 6.37. The number of ether oxygens (including phenoxy) is 1. The van der Waals surface area contributed by atoms with Crippen LogP contribution in [-0.2, 0) is 9.53 Å². The van der Waals surface area contributed by atoms with Crippen molar-refractivity contribution in [1.82, 2.24) is 5.32 Å². The van der Waals surface area contributed by atoms with Crippen LogP contribution in [0.15, 0.2) is 23.9 Å². The molecule has 0 fully saturated rings. The minimum atomic E-state index is -0.790. The minimum absolute atomic E-state index is 0.0697. The van der Waals surface area contributed by atoms with Gasteiger partial charge in [-0.15, -0.1) is 0 Å². The molecule has 0 bridgehead atoms. The molecule has 1 aromatic rings. The third-order valence-electron chi connectivity index (χ3n) is 2.44. The number of nitrogens with one attached hydrogen (secondary N) is 2. The van der Waals surface area contributed by atoms with Crippen LogP contribution in [0.25, 0.3) is 0 Å². The first-order valence-electron chi connectivity index (χ1n) is 5.61. The van der Waals surface area contributed by atoms with Crippen molar-refractivity contribution in [3.05, 3.63) is 39.5 Å². The summed E-state index contributed by atoms with van der Waals surface area (Å²) in [4.78, 5) is 23.0. The van der Waals surface area contributed by atoms with Gasteiger partial charge < -0.3 is 15.4 Å². The van der Waals surface area contributed by atoms with Gasteiger partial charge in [-0.25, -0.2) is 4.79 Å². The monoisotopic (exact) mass is 327 g/mol. The van der Waals surface area contributed by atoms with E-state index in [4.69, 9.17) is 28.5 Å². The predicted molar refractivity (Wildman–Crippen MR) is 79.2 cm³/mol. The summed E-state index contributed by atoms with van der Waals surface area (Å²) in [5.74, 6) is -1.24. The fourth-order valence-corrected chi connectivity index (χ4v) is 1.99. The van der Waals surface area contributed by atoms with E-state index in [-0.39, 0.29) is 21.2 Å². The van der Waals surface area contributed by atoms with Crippen LogP contribution >= 0.6 is 23.2 Å². The van der Waals surface area contributed by atoms with Gasteiger partial charge in [-0.1, -0.05) is 23.2 Å². The molecule has 21 heavy (non-hydrogen) atoms. The molecular formula is C13H11Cl2N3O3. The van der Waals surface area contributed by atoms with E-state index in [1.54, 1.807) is 6.07 Å². The standard InChI is InChI=1S/C13H11Cl2N3O3/c1-17-12(19)10-8(14)3-4-9(11(10)15)18-6-7(5-16)13(20)21-2/h3-4,6,18H,1-2H3,(H,17,19). The molecular weight excluding hydrogens is 317 g/mol. The topological polar surface area (TPSA) is 91.2 Å². The van der Waals surface area contributed by atoms with Crippen molar-refractivity contribution < 1.29 is 14.3 Å². The molecule has 0 saturated heterocycles. The summed E-state index contributed by atoms with van der Waals surface area (Å²) in [5.41, 5.74) is 0.164. The number of anilines is 1. The highest BCUT2D eigenvalue weighted by Gasteiger charge is 2.17. The molecule has 0 aliphatic rings. The first kappa shape index (κ1) is 16.8. The number of halogens is 2. The van der Waals surface area contributed by atoms with Crippen LogP contribution in [0.3, 0.4) is 0 Å². The van der Waals surface area contributed by atoms with Crippen LogP contribution in [0.4, 0.5) is 5.69 Å². The molecule has 0 unspecified atom stereocenters. The molecule has 0 heterocycles. The maximum atomic E-state index is 11.7. The number of carbonyl (C=O) groups excluding carboxylic acids is 2. The zero-order valence-electron chi connectivity index (χ0n) is 11.2. The number of esters is 1. The number of carbonyl (C=O) groups is 2. The van der Waals surface area contributed by atoms with Crippen LogP contribution in [0.1, 0.15) is 10.4 Å². The Kier molecular flexibility index (Phi) is 6.03. The molecule has 1 amide bonds. The van der Waals surface area contributed by atoms with Gasteiger partial charge in [0.05, 0.1) is 28.4 Å². The maximum absolute atomic E-state index is 11.7. The second kappa shape index (κ2) is 7.53. The Bertz CT molecular complexity index is 651. The zero-order chi connectivity index (χ0) is 16.0. The average molecular weight is 328 g/mol. The second-order valence-electron chi connectivity index (χ2n) is 3.67. The van der Waals surface area contributed by atoms with Gasteiger partial charge in [-0.05, 0) is 12.1 Å². The summed E-state index contributed by atoms with van der Waals surface area (Å²) in [5, 5.41) is 14.2. The molecule has 1 aromatic carbocycles. The molecule has 8 heteroatoms. The lowest BCUT2D eigenvalue weighted by molar-refractivity contribution is -0.135. The average Bonchev–Trinajstić information content (AvgIpc) is 2.49. The fourth-order valence-electron chi connectivity index (χ4n) is 1.39. The Balaban J connectivity index is 3.17. The summed E-state index contributed by atoms with van der Waals surface area (Å²) in [7, 11) is 2.60. The molecule has 110 valence electrons. The van der Waals surface area contributed by atoms with Gasteiger partial charge in [0.25, 0.3) is 5.91 Å². The van der Waals surface area contributed by atoms with E-state index in [0.29, 0.717) is 5.69 Å². The molecule has 0 radical (unpaired) electrons. The molecule has 1 rings (SSSR count). The maximum Gasteiger partial charge on any atom is 0.350 e. The molecule has 0 aromatic heterocycles. The van der Waals surface area contributed by atoms with E-state index in [1.165, 1.54) is 19.2 Å². The summed E-state index contributed by atoms with van der Waals surface area (Å²) >= 11 is 12.0. The van der Waals surface area contributed by atoms with Crippen molar-refractivity contribution in [2.75, 3.05) is 19.5 Å². The van der Waals surface area contributed by atoms with Crippen LogP contribution in [-0.4, -0.2) is 26.0 Å². The quantitative estimate of drug-likeness (QED) is 0.503. The number of hydrogen-bond acceptors (Lipinski definition) is 5. The smallest absolute Gasteiger partial charge is 0.350 e. The van der Waals surface area contributed by atoms with Crippen molar-refractivity contribution in [2.24, 2.45) is 0 Å². The second-order valence-corrected chi connectivity index (χ2v) is 4.45. The molecule has 2 N–H and O–H groups in total. The van der Waals surface area contributed by atoms with Gasteiger partial charge in [0.15, 0.2) is 5.57 Å². The van der Waals surface area contributed by atoms with Crippen LogP contribution in [0, 0.1) is 11.3 Å². The van der Waals surface area contributed by atoms with Gasteiger partial charge in [-0.2, -0.15) is 5.26 Å². The Labute approximate surface area is 131 Å². The predicted octanol–water partition coefficient (Wildman–Crippen LogP) is 2.35. The highest BCUT2D eigenvalue weighted by atomic mass is 35.5. The number of rotatable bonds is 4. The Morgan fingerprint density at radius 3 is 2.57 bits per heavy atom. The van der Waals surface area contributed by atoms with E-state index in [9.17, 15) is 9.59 Å². The van der Waals surface area contributed by atoms with Gasteiger partial charge in [0.2, 0.25) is 0 Å². The Hall–Kier alpha value is -2.23. The number of hydrogen-bond donors (Lipinski definition) is 2. The molecule has 0 spiro atoms. The minimum Gasteiger partial charge on any atom is -0.465 e. The van der Waals surface area contributed by atoms with Gasteiger partial charge in [-0.3, -0.25) is 4.79 Å². The van der Waals surface area contributed by atoms with Crippen LogP contribution in [0.5, 0.6) is 0 Å². The highest BCUT2D eigenvalue weighted by molar-refractivity contribution is 6.41. The van der Waals surface area contributed by atoms with E-state index >= 15 is 0 Å². The number of amides is 1. The van der Waals surface area contributed by atoms with E-state index in [2.05, 4.69) is 15.4 Å². The van der Waals surface area contributed by atoms with Crippen LogP contribution < -0.4 is 10.6 Å². The molecule has 0 aliphatic heterocycles. The Morgan fingerprint density at radius 2 is 2.05 bits per heavy atom. The lowest BCUT2D eigenvalue weighted by atomic mass is 10.1.